The van der Waals surface area contributed by atoms with Crippen molar-refractivity contribution in [3.8, 4) is 0 Å². The molecule has 3 aromatic rings. The van der Waals surface area contributed by atoms with Gasteiger partial charge in [-0.3, -0.25) is 4.79 Å². The number of halogens is 2. The minimum absolute atomic E-state index is 0.0565. The average molecular weight is 476 g/mol. The maximum atomic E-state index is 13.0. The lowest BCUT2D eigenvalue weighted by atomic mass is 10.1. The first-order chi connectivity index (χ1) is 14.0. The van der Waals surface area contributed by atoms with E-state index in [1.54, 1.807) is 12.1 Å². The second kappa shape index (κ2) is 8.69. The Hall–Kier alpha value is -2.15. The molecule has 1 aromatic heterocycles. The van der Waals surface area contributed by atoms with Crippen LogP contribution in [0.3, 0.4) is 0 Å². The highest BCUT2D eigenvalue weighted by Gasteiger charge is 2.19. The molecule has 1 fully saturated rings. The summed E-state index contributed by atoms with van der Waals surface area (Å²) in [6.07, 6.45) is 2.03. The van der Waals surface area contributed by atoms with Crippen LogP contribution in [0, 0.1) is 6.92 Å². The fraction of sp³-hybridized carbons (Fsp3) is 0.273. The second-order valence-electron chi connectivity index (χ2n) is 6.99. The Morgan fingerprint density at radius 3 is 2.97 bits per heavy atom. The van der Waals surface area contributed by atoms with E-state index in [2.05, 4.69) is 26.2 Å². The molecule has 1 saturated heterocycles. The molecule has 0 radical (unpaired) electrons. The molecule has 150 valence electrons. The van der Waals surface area contributed by atoms with Gasteiger partial charge in [0.15, 0.2) is 0 Å². The quantitative estimate of drug-likeness (QED) is 0.557. The van der Waals surface area contributed by atoms with Gasteiger partial charge in [0.2, 0.25) is 5.55 Å². The predicted molar refractivity (Wildman–Crippen MR) is 117 cm³/mol. The zero-order chi connectivity index (χ0) is 20.4. The first-order valence-electron chi connectivity index (χ1n) is 9.44. The number of rotatable bonds is 4. The van der Waals surface area contributed by atoms with Crippen molar-refractivity contribution in [1.82, 2.24) is 5.32 Å². The summed E-state index contributed by atoms with van der Waals surface area (Å²) in [7, 11) is 0. The summed E-state index contributed by atoms with van der Waals surface area (Å²) in [4.78, 5) is 17.6. The van der Waals surface area contributed by atoms with Gasteiger partial charge in [-0.15, -0.1) is 0 Å². The van der Waals surface area contributed by atoms with E-state index in [1.165, 1.54) is 0 Å². The van der Waals surface area contributed by atoms with Crippen molar-refractivity contribution in [2.75, 3.05) is 13.2 Å². The van der Waals surface area contributed by atoms with E-state index in [0.717, 1.165) is 34.9 Å². The van der Waals surface area contributed by atoms with Crippen molar-refractivity contribution in [1.29, 1.82) is 0 Å². The number of carbonyl (C=O) groups excluding carboxylic acids is 1. The predicted octanol–water partition coefficient (Wildman–Crippen LogP) is 5.30. The smallest absolute Gasteiger partial charge is 0.256 e. The molecule has 1 atom stereocenters. The SMILES string of the molecule is Cc1c(Cl)cccc1N=c1oc2ccc(Br)cc2cc1C(=O)NCC1CCCO1. The highest BCUT2D eigenvalue weighted by atomic mass is 79.9. The van der Waals surface area contributed by atoms with E-state index in [4.69, 9.17) is 20.8 Å². The minimum atomic E-state index is -0.246. The third-order valence-electron chi connectivity index (χ3n) is 4.93. The first-order valence-corrected chi connectivity index (χ1v) is 10.6. The summed E-state index contributed by atoms with van der Waals surface area (Å²) in [5.41, 5.74) is 2.74. The van der Waals surface area contributed by atoms with Gasteiger partial charge in [0.1, 0.15) is 11.1 Å². The van der Waals surface area contributed by atoms with E-state index in [9.17, 15) is 4.79 Å². The molecule has 1 amide bonds. The monoisotopic (exact) mass is 474 g/mol. The summed E-state index contributed by atoms with van der Waals surface area (Å²) in [5, 5.41) is 4.37. The Bertz CT molecular complexity index is 1140. The molecule has 1 aliphatic heterocycles. The molecule has 2 heterocycles. The Balaban J connectivity index is 1.79. The van der Waals surface area contributed by atoms with E-state index < -0.39 is 0 Å². The molecule has 0 aliphatic carbocycles. The van der Waals surface area contributed by atoms with Crippen molar-refractivity contribution in [3.63, 3.8) is 0 Å². The third kappa shape index (κ3) is 4.55. The normalized spacial score (nSPS) is 17.1. The largest absolute Gasteiger partial charge is 0.438 e. The molecule has 29 heavy (non-hydrogen) atoms. The molecular weight excluding hydrogens is 456 g/mol. The van der Waals surface area contributed by atoms with Crippen LogP contribution in [0.5, 0.6) is 0 Å². The Labute approximate surface area is 181 Å². The maximum absolute atomic E-state index is 13.0. The summed E-state index contributed by atoms with van der Waals surface area (Å²) >= 11 is 9.69. The molecule has 4 rings (SSSR count). The summed E-state index contributed by atoms with van der Waals surface area (Å²) in [6.45, 7) is 3.09. The number of nitrogens with zero attached hydrogens (tertiary/aromatic N) is 1. The average Bonchev–Trinajstić information content (AvgIpc) is 3.23. The van der Waals surface area contributed by atoms with E-state index in [1.807, 2.05) is 37.3 Å². The summed E-state index contributed by atoms with van der Waals surface area (Å²) < 4.78 is 12.5. The number of ether oxygens (including phenoxy) is 1. The van der Waals surface area contributed by atoms with Crippen molar-refractivity contribution >= 4 is 50.1 Å². The number of benzene rings is 2. The van der Waals surface area contributed by atoms with Gasteiger partial charge >= 0.3 is 0 Å². The number of carbonyl (C=O) groups is 1. The molecule has 5 nitrogen and oxygen atoms in total. The topological polar surface area (TPSA) is 63.8 Å². The van der Waals surface area contributed by atoms with E-state index >= 15 is 0 Å². The third-order valence-corrected chi connectivity index (χ3v) is 5.83. The fourth-order valence-electron chi connectivity index (χ4n) is 3.28. The van der Waals surface area contributed by atoms with Gasteiger partial charge in [-0.2, -0.15) is 0 Å². The molecule has 0 bridgehead atoms. The first kappa shape index (κ1) is 20.1. The lowest BCUT2D eigenvalue weighted by Gasteiger charge is -2.11. The Morgan fingerprint density at radius 2 is 2.17 bits per heavy atom. The van der Waals surface area contributed by atoms with Crippen LogP contribution in [0.15, 0.2) is 56.3 Å². The van der Waals surface area contributed by atoms with Crippen molar-refractivity contribution < 1.29 is 13.9 Å². The van der Waals surface area contributed by atoms with Crippen molar-refractivity contribution in [3.05, 3.63) is 68.6 Å². The summed E-state index contributed by atoms with van der Waals surface area (Å²) in [6, 6.07) is 12.9. The maximum Gasteiger partial charge on any atom is 0.256 e. The van der Waals surface area contributed by atoms with E-state index in [0.29, 0.717) is 28.4 Å². The van der Waals surface area contributed by atoms with E-state index in [-0.39, 0.29) is 17.6 Å². The zero-order valence-corrected chi connectivity index (χ0v) is 18.2. The molecule has 1 unspecified atom stereocenters. The summed E-state index contributed by atoms with van der Waals surface area (Å²) in [5.74, 6) is -0.246. The molecular formula is C22H20BrClN2O3. The van der Waals surface area contributed by atoms with Crippen LogP contribution in [0.2, 0.25) is 5.02 Å². The van der Waals surface area contributed by atoms with Crippen LogP contribution in [0.25, 0.3) is 11.0 Å². The van der Waals surface area contributed by atoms with Crippen LogP contribution >= 0.6 is 27.5 Å². The number of hydrogen-bond donors (Lipinski definition) is 1. The van der Waals surface area contributed by atoms with Gasteiger partial charge in [-0.25, -0.2) is 4.99 Å². The van der Waals surface area contributed by atoms with Gasteiger partial charge in [-0.1, -0.05) is 33.6 Å². The minimum Gasteiger partial charge on any atom is -0.438 e. The Kier molecular flexibility index (Phi) is 6.04. The van der Waals surface area contributed by atoms with Gasteiger partial charge in [0, 0.05) is 28.0 Å². The van der Waals surface area contributed by atoms with Gasteiger partial charge in [0.05, 0.1) is 11.8 Å². The number of nitrogens with one attached hydrogen (secondary N) is 1. The molecule has 0 saturated carbocycles. The number of amides is 1. The Morgan fingerprint density at radius 1 is 1.31 bits per heavy atom. The lowest BCUT2D eigenvalue weighted by Crippen LogP contribution is -2.34. The van der Waals surface area contributed by atoms with Crippen LogP contribution in [-0.4, -0.2) is 25.2 Å². The van der Waals surface area contributed by atoms with Crippen LogP contribution in [0.4, 0.5) is 5.69 Å². The molecule has 2 aromatic carbocycles. The van der Waals surface area contributed by atoms with Crippen molar-refractivity contribution in [2.24, 2.45) is 4.99 Å². The van der Waals surface area contributed by atoms with Crippen LogP contribution < -0.4 is 10.9 Å². The molecule has 7 heteroatoms. The zero-order valence-electron chi connectivity index (χ0n) is 15.9. The lowest BCUT2D eigenvalue weighted by molar-refractivity contribution is 0.0854. The standard InChI is InChI=1S/C22H20BrClN2O3/c1-13-18(24)5-2-6-19(13)26-22-17(21(27)25-12-16-4-3-9-28-16)11-14-10-15(23)7-8-20(14)29-22/h2,5-8,10-11,16H,3-4,9,12H2,1H3,(H,25,27). The van der Waals surface area contributed by atoms with Crippen LogP contribution in [0.1, 0.15) is 28.8 Å². The molecule has 1 aliphatic rings. The number of hydrogen-bond acceptors (Lipinski definition) is 4. The molecule has 1 N–H and O–H groups in total. The van der Waals surface area contributed by atoms with Gasteiger partial charge in [0.25, 0.3) is 5.91 Å². The van der Waals surface area contributed by atoms with Crippen molar-refractivity contribution in [2.45, 2.75) is 25.9 Å². The van der Waals surface area contributed by atoms with Gasteiger partial charge in [-0.05, 0) is 61.7 Å². The second-order valence-corrected chi connectivity index (χ2v) is 8.31. The molecule has 0 spiro atoms. The van der Waals surface area contributed by atoms with Gasteiger partial charge < -0.3 is 14.5 Å². The fourth-order valence-corrected chi connectivity index (χ4v) is 3.83. The highest BCUT2D eigenvalue weighted by Crippen LogP contribution is 2.25. The number of fused-ring (bicyclic) bond motifs is 1. The highest BCUT2D eigenvalue weighted by molar-refractivity contribution is 9.10. The van der Waals surface area contributed by atoms with Crippen LogP contribution in [-0.2, 0) is 4.74 Å².